The molecular weight excluding hydrogens is 212 g/mol. The fourth-order valence-electron chi connectivity index (χ4n) is 1.70. The number of thiol groups is 1. The van der Waals surface area contributed by atoms with Gasteiger partial charge < -0.3 is 0 Å². The van der Waals surface area contributed by atoms with Crippen molar-refractivity contribution in [1.82, 2.24) is 0 Å². The fraction of sp³-hybridized carbons (Fsp3) is 0.0667. The molecule has 0 saturated carbocycles. The predicted octanol–water partition coefficient (Wildman–Crippen LogP) is 4.30. The van der Waals surface area contributed by atoms with Crippen molar-refractivity contribution in [3.63, 3.8) is 0 Å². The second-order valence-electron chi connectivity index (χ2n) is 3.54. The Bertz CT molecular complexity index is 472. The molecule has 0 aliphatic carbocycles. The molecule has 2 aromatic rings. The first kappa shape index (κ1) is 11.0. The average molecular weight is 226 g/mol. The van der Waals surface area contributed by atoms with Crippen molar-refractivity contribution in [1.29, 1.82) is 0 Å². The number of benzene rings is 2. The molecule has 0 bridgehead atoms. The van der Waals surface area contributed by atoms with Crippen molar-refractivity contribution in [2.24, 2.45) is 0 Å². The highest BCUT2D eigenvalue weighted by atomic mass is 32.1. The van der Waals surface area contributed by atoms with Crippen LogP contribution < -0.4 is 0 Å². The van der Waals surface area contributed by atoms with Crippen LogP contribution in [0.15, 0.2) is 60.7 Å². The molecule has 16 heavy (non-hydrogen) atoms. The highest BCUT2D eigenvalue weighted by molar-refractivity contribution is 7.80. The predicted molar refractivity (Wildman–Crippen MR) is 74.8 cm³/mol. The summed E-state index contributed by atoms with van der Waals surface area (Å²) in [4.78, 5) is 0. The molecule has 0 unspecified atom stereocenters. The van der Waals surface area contributed by atoms with Crippen molar-refractivity contribution in [3.05, 3.63) is 66.2 Å². The molecule has 1 heteroatoms. The standard InChI is InChI=1S/C15H14S/c16-12-6-10-14-9-4-5-11-15(14)13-7-2-1-3-8-13/h1-11,16H,12H2. The summed E-state index contributed by atoms with van der Waals surface area (Å²) in [6, 6.07) is 18.8. The number of rotatable bonds is 3. The molecule has 0 aromatic heterocycles. The van der Waals surface area contributed by atoms with Gasteiger partial charge >= 0.3 is 0 Å². The molecule has 0 spiro atoms. The molecular formula is C15H14S. The van der Waals surface area contributed by atoms with Crippen molar-refractivity contribution in [3.8, 4) is 11.1 Å². The van der Waals surface area contributed by atoms with E-state index < -0.39 is 0 Å². The summed E-state index contributed by atoms with van der Waals surface area (Å²) in [5.41, 5.74) is 3.76. The minimum Gasteiger partial charge on any atom is -0.175 e. The van der Waals surface area contributed by atoms with E-state index in [4.69, 9.17) is 0 Å². The fourth-order valence-corrected chi connectivity index (χ4v) is 1.81. The van der Waals surface area contributed by atoms with Gasteiger partial charge in [-0.25, -0.2) is 0 Å². The zero-order valence-electron chi connectivity index (χ0n) is 9.01. The van der Waals surface area contributed by atoms with Gasteiger partial charge in [0.2, 0.25) is 0 Å². The Kier molecular flexibility index (Phi) is 3.84. The molecule has 80 valence electrons. The van der Waals surface area contributed by atoms with Crippen LogP contribution in [0.25, 0.3) is 17.2 Å². The summed E-state index contributed by atoms with van der Waals surface area (Å²) in [7, 11) is 0. The van der Waals surface area contributed by atoms with E-state index in [1.165, 1.54) is 16.7 Å². The first-order chi connectivity index (χ1) is 7.92. The first-order valence-electron chi connectivity index (χ1n) is 5.33. The van der Waals surface area contributed by atoms with Gasteiger partial charge in [-0.3, -0.25) is 0 Å². The molecule has 0 aliphatic heterocycles. The van der Waals surface area contributed by atoms with Crippen LogP contribution in [0.3, 0.4) is 0 Å². The van der Waals surface area contributed by atoms with Gasteiger partial charge in [-0.05, 0) is 16.7 Å². The normalized spacial score (nSPS) is 10.8. The molecule has 0 amide bonds. The lowest BCUT2D eigenvalue weighted by molar-refractivity contribution is 1.59. The van der Waals surface area contributed by atoms with Crippen molar-refractivity contribution >= 4 is 18.7 Å². The number of hydrogen-bond donors (Lipinski definition) is 1. The lowest BCUT2D eigenvalue weighted by Crippen LogP contribution is -1.82. The Morgan fingerprint density at radius 3 is 2.31 bits per heavy atom. The van der Waals surface area contributed by atoms with Crippen LogP contribution in [0, 0.1) is 0 Å². The first-order valence-corrected chi connectivity index (χ1v) is 5.97. The van der Waals surface area contributed by atoms with Crippen LogP contribution in [0.2, 0.25) is 0 Å². The van der Waals surface area contributed by atoms with E-state index in [0.29, 0.717) is 0 Å². The van der Waals surface area contributed by atoms with Crippen LogP contribution in [0.1, 0.15) is 5.56 Å². The maximum absolute atomic E-state index is 4.19. The Labute approximate surface area is 102 Å². The molecule has 0 saturated heterocycles. The van der Waals surface area contributed by atoms with E-state index in [0.717, 1.165) is 5.75 Å². The van der Waals surface area contributed by atoms with Gasteiger partial charge in [0.05, 0.1) is 0 Å². The Hall–Kier alpha value is -1.47. The van der Waals surface area contributed by atoms with Gasteiger partial charge in [0.1, 0.15) is 0 Å². The summed E-state index contributed by atoms with van der Waals surface area (Å²) < 4.78 is 0. The second kappa shape index (κ2) is 5.57. The second-order valence-corrected chi connectivity index (χ2v) is 3.90. The smallest absolute Gasteiger partial charge is 0.00858 e. The third kappa shape index (κ3) is 2.56. The van der Waals surface area contributed by atoms with Gasteiger partial charge in [-0.2, -0.15) is 12.6 Å². The van der Waals surface area contributed by atoms with Gasteiger partial charge in [-0.15, -0.1) is 0 Å². The summed E-state index contributed by atoms with van der Waals surface area (Å²) in [6.45, 7) is 0. The summed E-state index contributed by atoms with van der Waals surface area (Å²) in [6.07, 6.45) is 4.18. The third-order valence-corrected chi connectivity index (χ3v) is 2.66. The quantitative estimate of drug-likeness (QED) is 0.741. The SMILES string of the molecule is SCC=Cc1ccccc1-c1ccccc1. The van der Waals surface area contributed by atoms with Gasteiger partial charge in [0.15, 0.2) is 0 Å². The van der Waals surface area contributed by atoms with Crippen LogP contribution in [0.5, 0.6) is 0 Å². The van der Waals surface area contributed by atoms with Crippen molar-refractivity contribution in [2.45, 2.75) is 0 Å². The molecule has 0 radical (unpaired) electrons. The van der Waals surface area contributed by atoms with E-state index >= 15 is 0 Å². The molecule has 0 nitrogen and oxygen atoms in total. The molecule has 0 aliphatic rings. The van der Waals surface area contributed by atoms with E-state index in [1.54, 1.807) is 0 Å². The zero-order valence-corrected chi connectivity index (χ0v) is 9.90. The van der Waals surface area contributed by atoms with Crippen LogP contribution in [-0.4, -0.2) is 5.75 Å². The summed E-state index contributed by atoms with van der Waals surface area (Å²) >= 11 is 4.19. The highest BCUT2D eigenvalue weighted by Gasteiger charge is 2.00. The molecule has 2 rings (SSSR count). The Morgan fingerprint density at radius 1 is 0.875 bits per heavy atom. The molecule has 0 atom stereocenters. The zero-order chi connectivity index (χ0) is 11.2. The molecule has 0 fully saturated rings. The van der Waals surface area contributed by atoms with Gasteiger partial charge in [0, 0.05) is 5.75 Å². The third-order valence-electron chi connectivity index (χ3n) is 2.45. The van der Waals surface area contributed by atoms with E-state index in [2.05, 4.69) is 73.3 Å². The van der Waals surface area contributed by atoms with E-state index in [9.17, 15) is 0 Å². The average Bonchev–Trinajstić information content (AvgIpc) is 2.38. The largest absolute Gasteiger partial charge is 0.175 e. The highest BCUT2D eigenvalue weighted by Crippen LogP contribution is 2.24. The van der Waals surface area contributed by atoms with Crippen LogP contribution in [-0.2, 0) is 0 Å². The lowest BCUT2D eigenvalue weighted by atomic mass is 9.99. The lowest BCUT2D eigenvalue weighted by Gasteiger charge is -2.05. The minimum absolute atomic E-state index is 0.767. The maximum Gasteiger partial charge on any atom is 0.00858 e. The molecule has 2 aromatic carbocycles. The van der Waals surface area contributed by atoms with Crippen LogP contribution in [0.4, 0.5) is 0 Å². The minimum atomic E-state index is 0.767. The number of hydrogen-bond acceptors (Lipinski definition) is 1. The van der Waals surface area contributed by atoms with Crippen LogP contribution >= 0.6 is 12.6 Å². The Morgan fingerprint density at radius 2 is 1.56 bits per heavy atom. The van der Waals surface area contributed by atoms with E-state index in [1.807, 2.05) is 6.07 Å². The van der Waals surface area contributed by atoms with E-state index in [-0.39, 0.29) is 0 Å². The molecule has 0 N–H and O–H groups in total. The van der Waals surface area contributed by atoms with Gasteiger partial charge in [0.25, 0.3) is 0 Å². The Balaban J connectivity index is 2.45. The maximum atomic E-state index is 4.19. The summed E-state index contributed by atoms with van der Waals surface area (Å²) in [5, 5.41) is 0. The van der Waals surface area contributed by atoms with Crippen molar-refractivity contribution < 1.29 is 0 Å². The molecule has 0 heterocycles. The topological polar surface area (TPSA) is 0 Å². The van der Waals surface area contributed by atoms with Crippen molar-refractivity contribution in [2.75, 3.05) is 5.75 Å². The van der Waals surface area contributed by atoms with Gasteiger partial charge in [-0.1, -0.05) is 66.7 Å². The summed E-state index contributed by atoms with van der Waals surface area (Å²) in [5.74, 6) is 0.767. The monoisotopic (exact) mass is 226 g/mol.